The molecule has 2 heterocycles. The van der Waals surface area contributed by atoms with Crippen molar-refractivity contribution >= 4 is 35.7 Å². The van der Waals surface area contributed by atoms with Crippen molar-refractivity contribution in [2.45, 2.75) is 126 Å². The van der Waals surface area contributed by atoms with E-state index in [-0.39, 0.29) is 54.2 Å². The molecule has 12 nitrogen and oxygen atoms in total. The van der Waals surface area contributed by atoms with E-state index in [2.05, 4.69) is 33.9 Å². The molecule has 0 bridgehead atoms. The number of amides is 1. The number of carbonyl (C=O) groups is 2. The number of benzene rings is 8. The average molecular weight is 1210 g/mol. The fourth-order valence-electron chi connectivity index (χ4n) is 11.1. The lowest BCUT2D eigenvalue weighted by Gasteiger charge is -2.48. The maximum atomic E-state index is 14.9. The van der Waals surface area contributed by atoms with E-state index in [1.807, 2.05) is 175 Å². The van der Waals surface area contributed by atoms with Crippen molar-refractivity contribution in [3.8, 4) is 16.9 Å². The van der Waals surface area contributed by atoms with Crippen molar-refractivity contribution in [1.29, 1.82) is 0 Å². The smallest absolute Gasteiger partial charge is 0.337 e. The van der Waals surface area contributed by atoms with Crippen molar-refractivity contribution in [2.24, 2.45) is 5.92 Å². The van der Waals surface area contributed by atoms with Crippen LogP contribution in [0.5, 0.6) is 5.75 Å². The van der Waals surface area contributed by atoms with Crippen LogP contribution in [0.2, 0.25) is 18.1 Å². The van der Waals surface area contributed by atoms with Gasteiger partial charge in [-0.2, -0.15) is 0 Å². The number of hydrogen-bond acceptors (Lipinski definition) is 11. The Morgan fingerprint density at radius 3 is 1.64 bits per heavy atom. The summed E-state index contributed by atoms with van der Waals surface area (Å²) in [7, 11) is -5.27. The molecule has 0 radical (unpaired) electrons. The third-order valence-electron chi connectivity index (χ3n) is 16.9. The second kappa shape index (κ2) is 28.0. The number of ether oxygens (including phenoxy) is 6. The zero-order chi connectivity index (χ0) is 61.1. The second-order valence-corrected chi connectivity index (χ2v) is 30.6. The summed E-state index contributed by atoms with van der Waals surface area (Å²) in [6.45, 7) is 11.5. The van der Waals surface area contributed by atoms with Crippen molar-refractivity contribution in [3.63, 3.8) is 0 Å². The van der Waals surface area contributed by atoms with E-state index in [1.54, 1.807) is 36.4 Å². The van der Waals surface area contributed by atoms with Crippen molar-refractivity contribution in [2.75, 3.05) is 17.8 Å². The van der Waals surface area contributed by atoms with Gasteiger partial charge in [-0.1, -0.05) is 197 Å². The predicted molar refractivity (Wildman–Crippen MR) is 337 cm³/mol. The van der Waals surface area contributed by atoms with Gasteiger partial charge in [0.05, 0.1) is 55.6 Å². The van der Waals surface area contributed by atoms with Crippen LogP contribution in [-0.4, -0.2) is 72.0 Å². The molecule has 15 heteroatoms. The van der Waals surface area contributed by atoms with Gasteiger partial charge in [0.1, 0.15) is 42.6 Å². The molecule has 2 saturated heterocycles. The molecule has 0 N–H and O–H groups in total. The summed E-state index contributed by atoms with van der Waals surface area (Å²) < 4.78 is 90.0. The molecule has 8 atom stereocenters. The Labute approximate surface area is 512 Å². The number of anilines is 1. The molecule has 2 aliphatic rings. The van der Waals surface area contributed by atoms with Crippen LogP contribution in [0.1, 0.15) is 79.1 Å². The number of hydrogen-bond donors (Lipinski definition) is 0. The minimum Gasteiger partial charge on any atom is -0.489 e. The first kappa shape index (κ1) is 62.4. The fourth-order valence-corrected chi connectivity index (χ4v) is 13.9. The Hall–Kier alpha value is -7.60. The van der Waals surface area contributed by atoms with Crippen molar-refractivity contribution in [3.05, 3.63) is 258 Å². The summed E-state index contributed by atoms with van der Waals surface area (Å²) in [6.07, 6.45) is -5.10. The van der Waals surface area contributed by atoms with Gasteiger partial charge in [-0.05, 0) is 112 Å². The molecule has 8 aromatic carbocycles. The molecule has 1 amide bonds. The maximum Gasteiger partial charge on any atom is 0.337 e. The number of β-lactam (4-membered cyclic amide) rings is 1. The zero-order valence-corrected chi connectivity index (χ0v) is 51.9. The number of methoxy groups -OCH3 is 1. The van der Waals surface area contributed by atoms with Gasteiger partial charge in [-0.25, -0.2) is 17.6 Å². The van der Waals surface area contributed by atoms with E-state index in [0.717, 1.165) is 44.6 Å². The van der Waals surface area contributed by atoms with Gasteiger partial charge < -0.3 is 37.7 Å². The van der Waals surface area contributed by atoms with Gasteiger partial charge in [-0.3, -0.25) is 4.79 Å². The third kappa shape index (κ3) is 15.2. The Morgan fingerprint density at radius 1 is 0.621 bits per heavy atom. The van der Waals surface area contributed by atoms with E-state index < -0.39 is 72.4 Å². The molecule has 0 spiro atoms. The van der Waals surface area contributed by atoms with Gasteiger partial charge in [0.25, 0.3) is 0 Å². The van der Waals surface area contributed by atoms with E-state index in [1.165, 1.54) is 19.2 Å². The number of halogens is 1. The summed E-state index contributed by atoms with van der Waals surface area (Å²) in [6, 6.07) is 66.7. The molecule has 8 aromatic rings. The Bertz CT molecular complexity index is 3640. The third-order valence-corrected chi connectivity index (χ3v) is 23.1. The molecular formula is C72H76FNO11SSi. The molecule has 10 rings (SSSR count). The molecule has 0 aliphatic carbocycles. The number of rotatable bonds is 25. The van der Waals surface area contributed by atoms with E-state index >= 15 is 0 Å². The minimum absolute atomic E-state index is 0.0220. The van der Waals surface area contributed by atoms with Crippen LogP contribution in [0.4, 0.5) is 10.1 Å². The quantitative estimate of drug-likeness (QED) is 0.0307. The number of esters is 1. The molecule has 452 valence electrons. The normalized spacial score (nSPS) is 20.1. The maximum absolute atomic E-state index is 14.9. The van der Waals surface area contributed by atoms with Crippen LogP contribution < -0.4 is 9.64 Å². The number of nitrogens with zero attached hydrogens (tertiary/aromatic N) is 1. The summed E-state index contributed by atoms with van der Waals surface area (Å²) in [5.74, 6) is -1.56. The Balaban J connectivity index is 0.962. The number of sulfone groups is 1. The van der Waals surface area contributed by atoms with Crippen LogP contribution in [-0.2, 0) is 74.0 Å². The average Bonchev–Trinajstić information content (AvgIpc) is 0.823. The Kier molecular flexibility index (Phi) is 20.1. The molecule has 2 aliphatic heterocycles. The summed E-state index contributed by atoms with van der Waals surface area (Å²) in [5.41, 5.74) is 7.38. The van der Waals surface area contributed by atoms with Gasteiger partial charge in [0.2, 0.25) is 5.91 Å². The van der Waals surface area contributed by atoms with E-state index in [4.69, 9.17) is 32.8 Å². The van der Waals surface area contributed by atoms with Crippen molar-refractivity contribution in [1.82, 2.24) is 0 Å². The highest BCUT2D eigenvalue weighted by molar-refractivity contribution is 7.91. The fraction of sp³-hybridized carbons (Fsp3) is 0.306. The van der Waals surface area contributed by atoms with Gasteiger partial charge in [0.15, 0.2) is 24.3 Å². The monoisotopic (exact) mass is 1210 g/mol. The highest BCUT2D eigenvalue weighted by Gasteiger charge is 2.53. The SMILES string of the molecule is COC(=O)C1OC(CS(=O)(=O)c2ccc(-c3ccc([C@@H]4[C@@H](CC[C@H](O[Si](C)(C)C(C)(C)C)c5ccc(F)cc5)C(=O)N4c4ccccc4)c(OCc4ccccc4)c3)cc2)[C@@H](OCc2ccccc2)[C@@H](OCc2ccccc2)[C@@H]1OCc1ccccc1. The molecule has 2 fully saturated rings. The lowest BCUT2D eigenvalue weighted by atomic mass is 9.77. The van der Waals surface area contributed by atoms with E-state index in [0.29, 0.717) is 24.2 Å². The summed E-state index contributed by atoms with van der Waals surface area (Å²) in [4.78, 5) is 30.4. The number of carbonyl (C=O) groups excluding carboxylic acids is 2. The van der Waals surface area contributed by atoms with Crippen LogP contribution in [0, 0.1) is 11.7 Å². The van der Waals surface area contributed by atoms with Crippen LogP contribution in [0.3, 0.4) is 0 Å². The Morgan fingerprint density at radius 2 is 1.11 bits per heavy atom. The molecule has 87 heavy (non-hydrogen) atoms. The van der Waals surface area contributed by atoms with Gasteiger partial charge in [0, 0.05) is 11.3 Å². The lowest BCUT2D eigenvalue weighted by molar-refractivity contribution is -0.261. The van der Waals surface area contributed by atoms with Gasteiger partial charge >= 0.3 is 5.97 Å². The first-order chi connectivity index (χ1) is 42.0. The van der Waals surface area contributed by atoms with E-state index in [9.17, 15) is 22.4 Å². The lowest BCUT2D eigenvalue weighted by Crippen LogP contribution is -2.63. The van der Waals surface area contributed by atoms with Crippen LogP contribution in [0.15, 0.2) is 223 Å². The molecule has 0 saturated carbocycles. The summed E-state index contributed by atoms with van der Waals surface area (Å²) in [5, 5.41) is -0.0966. The second-order valence-electron chi connectivity index (χ2n) is 23.8. The predicted octanol–water partition coefficient (Wildman–Crippen LogP) is 14.8. The standard InChI is InChI=1S/C72H76FNO11SSi/c1-72(2,3)87(5,6)85-62(55-32-37-57(73)38-33-55)43-42-61-65(74(70(61)75)58-30-20-11-21-31-58)60-41-36-56(44-63(60)80-45-50-22-12-7-13-23-50)54-34-39-59(40-35-54)86(77,78)49-64-66(81-46-51-24-14-8-15-25-51)67(82-47-52-26-16-9-17-27-52)68(69(84-64)71(76)79-4)83-48-53-28-18-10-19-29-53/h7-41,44,61-62,64-69H,42-43,45-49H2,1-6H3/t61-,62+,64?,65-,66-,67-,68+,69?/m1/s1. The zero-order valence-electron chi connectivity index (χ0n) is 50.1. The van der Waals surface area contributed by atoms with Crippen molar-refractivity contribution < 1.29 is 55.2 Å². The minimum atomic E-state index is -4.19. The largest absolute Gasteiger partial charge is 0.489 e. The summed E-state index contributed by atoms with van der Waals surface area (Å²) >= 11 is 0. The van der Waals surface area contributed by atoms with Crippen LogP contribution >= 0.6 is 0 Å². The molecular weight excluding hydrogens is 1130 g/mol. The van der Waals surface area contributed by atoms with Gasteiger partial charge in [-0.15, -0.1) is 0 Å². The molecule has 2 unspecified atom stereocenters. The topological polar surface area (TPSA) is 136 Å². The number of para-hydroxylation sites is 1. The highest BCUT2D eigenvalue weighted by atomic mass is 32.2. The first-order valence-corrected chi connectivity index (χ1v) is 34.2. The molecule has 0 aromatic heterocycles. The van der Waals surface area contributed by atoms with Crippen LogP contribution in [0.25, 0.3) is 11.1 Å². The first-order valence-electron chi connectivity index (χ1n) is 29.6. The highest BCUT2D eigenvalue weighted by Crippen LogP contribution is 2.51.